The van der Waals surface area contributed by atoms with Gasteiger partial charge in [0.1, 0.15) is 11.6 Å². The molecule has 2 aliphatic rings. The van der Waals surface area contributed by atoms with Crippen molar-refractivity contribution in [2.75, 3.05) is 33.3 Å². The number of benzene rings is 1. The van der Waals surface area contributed by atoms with Crippen molar-refractivity contribution < 1.29 is 13.2 Å². The topological polar surface area (TPSA) is 122 Å². The van der Waals surface area contributed by atoms with E-state index in [1.165, 1.54) is 25.0 Å². The fourth-order valence-corrected chi connectivity index (χ4v) is 7.15. The first-order valence-electron chi connectivity index (χ1n) is 13.6. The van der Waals surface area contributed by atoms with Gasteiger partial charge in [-0.25, -0.2) is 22.6 Å². The highest BCUT2D eigenvalue weighted by Crippen LogP contribution is 2.52. The lowest BCUT2D eigenvalue weighted by atomic mass is 9.57. The summed E-state index contributed by atoms with van der Waals surface area (Å²) in [5.41, 5.74) is 1.48. The van der Waals surface area contributed by atoms with Crippen LogP contribution in [0.5, 0.6) is 5.75 Å². The van der Waals surface area contributed by atoms with Gasteiger partial charge in [0.05, 0.1) is 22.8 Å². The van der Waals surface area contributed by atoms with Crippen LogP contribution < -0.4 is 15.0 Å². The number of fused-ring (bicyclic) bond motifs is 1. The lowest BCUT2D eigenvalue weighted by Crippen LogP contribution is -2.48. The molecule has 0 amide bonds. The van der Waals surface area contributed by atoms with Crippen LogP contribution in [0.3, 0.4) is 0 Å². The summed E-state index contributed by atoms with van der Waals surface area (Å²) in [6.07, 6.45) is 6.06. The van der Waals surface area contributed by atoms with Gasteiger partial charge in [-0.3, -0.25) is 4.79 Å². The van der Waals surface area contributed by atoms with Crippen LogP contribution in [0.15, 0.2) is 27.9 Å². The minimum absolute atomic E-state index is 0.114. The Bertz CT molecular complexity index is 1480. The van der Waals surface area contributed by atoms with Gasteiger partial charge in [-0.2, -0.15) is 0 Å². The first-order valence-corrected chi connectivity index (χ1v) is 15.1. The van der Waals surface area contributed by atoms with Crippen molar-refractivity contribution >= 4 is 15.5 Å². The third-order valence-corrected chi connectivity index (χ3v) is 9.51. The maximum Gasteiger partial charge on any atom is 0.277 e. The van der Waals surface area contributed by atoms with E-state index in [0.717, 1.165) is 32.4 Å². The van der Waals surface area contributed by atoms with Crippen molar-refractivity contribution in [3.05, 3.63) is 40.1 Å². The van der Waals surface area contributed by atoms with E-state index in [1.54, 1.807) is 17.5 Å². The zero-order valence-corrected chi connectivity index (χ0v) is 23.5. The molecule has 10 nitrogen and oxygen atoms in total. The van der Waals surface area contributed by atoms with Gasteiger partial charge in [-0.05, 0) is 95.6 Å². The van der Waals surface area contributed by atoms with Gasteiger partial charge in [0, 0.05) is 13.0 Å². The van der Waals surface area contributed by atoms with E-state index in [4.69, 9.17) is 4.74 Å². The van der Waals surface area contributed by atoms with Crippen LogP contribution in [0.2, 0.25) is 0 Å². The molecule has 1 aliphatic carbocycles. The second kappa shape index (κ2) is 10.4. The summed E-state index contributed by atoms with van der Waals surface area (Å²) in [5, 5.41) is 4.66. The van der Waals surface area contributed by atoms with Gasteiger partial charge in [-0.15, -0.1) is 5.10 Å². The predicted molar refractivity (Wildman–Crippen MR) is 146 cm³/mol. The Morgan fingerprint density at radius 3 is 2.63 bits per heavy atom. The summed E-state index contributed by atoms with van der Waals surface area (Å²) in [6, 6.07) is 4.69. The van der Waals surface area contributed by atoms with Crippen LogP contribution in [-0.2, 0) is 16.4 Å². The second-order valence-electron chi connectivity index (χ2n) is 10.9. The number of nitrogens with one attached hydrogen (secondary N) is 2. The van der Waals surface area contributed by atoms with Crippen molar-refractivity contribution in [1.82, 2.24) is 29.2 Å². The molecule has 206 valence electrons. The standard InChI is InChI=1S/C27H38N6O4S/c1-5-7-23-29-18(3)24-26(34)30-25(31-33(23)24)21-14-20(8-9-22(21)37-6-2)38(35,36)28-17-19-15-27(16-19)10-12-32(4)13-11-27/h8-9,14,19,28H,5-7,10-13,15-17H2,1-4H3,(H,30,31,34). The largest absolute Gasteiger partial charge is 0.493 e. The molecule has 5 rings (SSSR count). The lowest BCUT2D eigenvalue weighted by molar-refractivity contribution is -0.00427. The number of aromatic nitrogens is 4. The molecule has 2 N–H and O–H groups in total. The van der Waals surface area contributed by atoms with E-state index in [1.807, 2.05) is 13.8 Å². The highest BCUT2D eigenvalue weighted by atomic mass is 32.2. The third-order valence-electron chi connectivity index (χ3n) is 8.09. The molecule has 3 aromatic rings. The molecule has 2 aromatic heterocycles. The fourth-order valence-electron chi connectivity index (χ4n) is 6.01. The Kier molecular flexibility index (Phi) is 7.36. The zero-order valence-electron chi connectivity index (χ0n) is 22.7. The smallest absolute Gasteiger partial charge is 0.277 e. The van der Waals surface area contributed by atoms with Crippen LogP contribution in [0.1, 0.15) is 57.5 Å². The zero-order chi connectivity index (χ0) is 27.1. The summed E-state index contributed by atoms with van der Waals surface area (Å²) in [5.74, 6) is 1.74. The highest BCUT2D eigenvalue weighted by molar-refractivity contribution is 7.89. The van der Waals surface area contributed by atoms with Crippen molar-refractivity contribution in [1.29, 1.82) is 0 Å². The predicted octanol–water partition coefficient (Wildman–Crippen LogP) is 3.14. The van der Waals surface area contributed by atoms with Gasteiger partial charge in [0.15, 0.2) is 11.3 Å². The number of imidazole rings is 1. The maximum atomic E-state index is 13.3. The molecule has 1 saturated carbocycles. The molecule has 0 radical (unpaired) electrons. The summed E-state index contributed by atoms with van der Waals surface area (Å²) in [7, 11) is -1.60. The normalized spacial score (nSPS) is 18.2. The number of rotatable bonds is 9. The monoisotopic (exact) mass is 542 g/mol. The van der Waals surface area contributed by atoms with Crippen molar-refractivity contribution in [2.45, 2.75) is 64.2 Å². The van der Waals surface area contributed by atoms with Gasteiger partial charge < -0.3 is 14.6 Å². The van der Waals surface area contributed by atoms with E-state index in [9.17, 15) is 13.2 Å². The summed E-state index contributed by atoms with van der Waals surface area (Å²) in [6.45, 7) is 8.72. The number of hydrogen-bond acceptors (Lipinski definition) is 7. The highest BCUT2D eigenvalue weighted by Gasteiger charge is 2.45. The Labute approximate surface area is 223 Å². The Morgan fingerprint density at radius 1 is 1.21 bits per heavy atom. The number of aromatic amines is 1. The van der Waals surface area contributed by atoms with Crippen molar-refractivity contribution in [3.63, 3.8) is 0 Å². The molecule has 1 aromatic carbocycles. The number of ether oxygens (including phenoxy) is 1. The fraction of sp³-hybridized carbons (Fsp3) is 0.593. The minimum Gasteiger partial charge on any atom is -0.493 e. The molecule has 0 unspecified atom stereocenters. The molecule has 2 fully saturated rings. The minimum atomic E-state index is -3.76. The average molecular weight is 543 g/mol. The summed E-state index contributed by atoms with van der Waals surface area (Å²) >= 11 is 0. The Hall–Kier alpha value is -2.76. The quantitative estimate of drug-likeness (QED) is 0.426. The number of aryl methyl sites for hydroxylation is 2. The van der Waals surface area contributed by atoms with Gasteiger partial charge in [-0.1, -0.05) is 6.92 Å². The molecule has 11 heteroatoms. The molecule has 0 bridgehead atoms. The van der Waals surface area contributed by atoms with E-state index in [0.29, 0.717) is 59.3 Å². The lowest BCUT2D eigenvalue weighted by Gasteiger charge is -2.52. The second-order valence-corrected chi connectivity index (χ2v) is 12.7. The van der Waals surface area contributed by atoms with Gasteiger partial charge in [0.2, 0.25) is 10.0 Å². The first kappa shape index (κ1) is 26.8. The van der Waals surface area contributed by atoms with Crippen LogP contribution in [0.25, 0.3) is 16.9 Å². The van der Waals surface area contributed by atoms with Gasteiger partial charge >= 0.3 is 0 Å². The number of H-pyrrole nitrogens is 1. The van der Waals surface area contributed by atoms with Crippen molar-refractivity contribution in [2.24, 2.45) is 11.3 Å². The van der Waals surface area contributed by atoms with E-state index >= 15 is 0 Å². The number of sulfonamides is 1. The molecule has 1 saturated heterocycles. The molecular weight excluding hydrogens is 504 g/mol. The molecule has 1 spiro atoms. The molecular formula is C27H38N6O4S. The van der Waals surface area contributed by atoms with E-state index in [-0.39, 0.29) is 16.3 Å². The SMILES string of the molecule is CCCc1nc(C)c2c(=O)[nH]c(-c3cc(S(=O)(=O)NCC4CC5(CCN(C)CC5)C4)ccc3OCC)nn12. The molecule has 38 heavy (non-hydrogen) atoms. The van der Waals surface area contributed by atoms with Gasteiger partial charge in [0.25, 0.3) is 5.56 Å². The Morgan fingerprint density at radius 2 is 1.95 bits per heavy atom. The molecule has 3 heterocycles. The Balaban J connectivity index is 1.40. The van der Waals surface area contributed by atoms with Crippen molar-refractivity contribution in [3.8, 4) is 17.1 Å². The molecule has 1 aliphatic heterocycles. The van der Waals surface area contributed by atoms with E-state index < -0.39 is 10.0 Å². The van der Waals surface area contributed by atoms with Crippen LogP contribution in [0, 0.1) is 18.3 Å². The van der Waals surface area contributed by atoms with Crippen LogP contribution in [-0.4, -0.2) is 66.2 Å². The summed E-state index contributed by atoms with van der Waals surface area (Å²) in [4.78, 5) is 22.8. The summed E-state index contributed by atoms with van der Waals surface area (Å²) < 4.78 is 36.8. The van der Waals surface area contributed by atoms with Crippen LogP contribution >= 0.6 is 0 Å². The number of likely N-dealkylation sites (tertiary alicyclic amines) is 1. The average Bonchev–Trinajstić information content (AvgIpc) is 3.18. The number of piperidine rings is 1. The number of hydrogen-bond donors (Lipinski definition) is 2. The first-order chi connectivity index (χ1) is 18.1. The van der Waals surface area contributed by atoms with E-state index in [2.05, 4.69) is 31.7 Å². The maximum absolute atomic E-state index is 13.3. The molecule has 0 atom stereocenters. The number of nitrogens with zero attached hydrogens (tertiary/aromatic N) is 4. The third kappa shape index (κ3) is 5.11. The van der Waals surface area contributed by atoms with Crippen LogP contribution in [0.4, 0.5) is 0 Å².